The molecule has 0 saturated heterocycles. The Morgan fingerprint density at radius 3 is 2.41 bits per heavy atom. The van der Waals surface area contributed by atoms with Gasteiger partial charge in [-0.05, 0) is 47.1 Å². The first-order chi connectivity index (χ1) is 15.3. The number of hydrogen-bond acceptors (Lipinski definition) is 6. The van der Waals surface area contributed by atoms with Crippen molar-refractivity contribution in [2.24, 2.45) is 0 Å². The van der Waals surface area contributed by atoms with Crippen molar-refractivity contribution in [1.82, 2.24) is 9.97 Å². The fourth-order valence-corrected chi connectivity index (χ4v) is 3.45. The summed E-state index contributed by atoms with van der Waals surface area (Å²) in [6, 6.07) is 13.0. The summed E-state index contributed by atoms with van der Waals surface area (Å²) in [6.45, 7) is 0.945. The number of amides is 1. The number of nitrogens with one attached hydrogen (secondary N) is 3. The third-order valence-electron chi connectivity index (χ3n) is 4.60. The summed E-state index contributed by atoms with van der Waals surface area (Å²) < 4.78 is 11.1. The number of rotatable bonds is 6. The molecule has 0 aliphatic heterocycles. The Morgan fingerprint density at radius 2 is 1.72 bits per heavy atom. The number of anilines is 1. The fraction of sp³-hybridized carbons (Fsp3) is 0.0909. The summed E-state index contributed by atoms with van der Waals surface area (Å²) >= 11 is 3.32. The number of fused-ring (bicyclic) bond motifs is 1. The summed E-state index contributed by atoms with van der Waals surface area (Å²) in [4.78, 5) is 52.4. The summed E-state index contributed by atoms with van der Waals surface area (Å²) in [7, 11) is 0. The van der Waals surface area contributed by atoms with Crippen LogP contribution in [-0.2, 0) is 9.53 Å². The van der Waals surface area contributed by atoms with E-state index in [0.717, 1.165) is 0 Å². The van der Waals surface area contributed by atoms with Crippen LogP contribution in [0.15, 0.2) is 62.2 Å². The molecule has 9 nitrogen and oxygen atoms in total. The molecule has 0 aliphatic rings. The first-order valence-corrected chi connectivity index (χ1v) is 10.2. The molecule has 0 radical (unpaired) electrons. The Hall–Kier alpha value is -3.92. The number of imidazole rings is 1. The van der Waals surface area contributed by atoms with Gasteiger partial charge in [0.2, 0.25) is 5.76 Å². The minimum absolute atomic E-state index is 0.0492. The second kappa shape index (κ2) is 8.67. The number of ether oxygens (including phenoxy) is 1. The number of halogens is 1. The van der Waals surface area contributed by atoms with Crippen LogP contribution in [0.1, 0.15) is 27.8 Å². The van der Waals surface area contributed by atoms with E-state index in [2.05, 4.69) is 31.2 Å². The summed E-state index contributed by atoms with van der Waals surface area (Å²) in [5, 5.41) is 2.61. The highest BCUT2D eigenvalue weighted by Crippen LogP contribution is 2.26. The monoisotopic (exact) mass is 497 g/mol. The molecule has 2 aromatic heterocycles. The van der Waals surface area contributed by atoms with Crippen LogP contribution < -0.4 is 11.0 Å². The molecule has 1 amide bonds. The molecule has 2 heterocycles. The minimum atomic E-state index is -0.795. The average molecular weight is 498 g/mol. The maximum absolute atomic E-state index is 12.2. The van der Waals surface area contributed by atoms with E-state index in [1.54, 1.807) is 42.5 Å². The van der Waals surface area contributed by atoms with E-state index in [4.69, 9.17) is 9.15 Å². The van der Waals surface area contributed by atoms with Crippen LogP contribution in [0.4, 0.5) is 5.69 Å². The number of carbonyl (C=O) groups is 3. The molecule has 4 aromatic rings. The highest BCUT2D eigenvalue weighted by atomic mass is 79.9. The van der Waals surface area contributed by atoms with Gasteiger partial charge in [0.15, 0.2) is 12.4 Å². The molecule has 0 fully saturated rings. The quantitative estimate of drug-likeness (QED) is 0.273. The van der Waals surface area contributed by atoms with Crippen molar-refractivity contribution < 1.29 is 23.5 Å². The molecule has 32 heavy (non-hydrogen) atoms. The number of ketones is 1. The second-order valence-electron chi connectivity index (χ2n) is 6.88. The van der Waals surface area contributed by atoms with Crippen LogP contribution in [0, 0.1) is 0 Å². The van der Waals surface area contributed by atoms with E-state index < -0.39 is 18.5 Å². The van der Waals surface area contributed by atoms with Crippen molar-refractivity contribution >= 4 is 50.3 Å². The van der Waals surface area contributed by atoms with Crippen molar-refractivity contribution in [2.45, 2.75) is 6.92 Å². The normalized spacial score (nSPS) is 10.8. The molecule has 0 bridgehead atoms. The number of aromatic nitrogens is 2. The molecular formula is C22H16BrN3O6. The first kappa shape index (κ1) is 21.3. The van der Waals surface area contributed by atoms with E-state index in [-0.39, 0.29) is 17.2 Å². The lowest BCUT2D eigenvalue weighted by atomic mass is 10.1. The number of hydrogen-bond donors (Lipinski definition) is 3. The zero-order valence-corrected chi connectivity index (χ0v) is 18.2. The Kier molecular flexibility index (Phi) is 5.78. The van der Waals surface area contributed by atoms with Crippen LogP contribution in [0.2, 0.25) is 0 Å². The van der Waals surface area contributed by atoms with Crippen molar-refractivity contribution in [3.63, 3.8) is 0 Å². The SMILES string of the molecule is CC(=O)c1ccc(-c2ccc(C(=O)OCC(=O)Nc3cc4[nH]c(=O)[nH]c4cc3Br)o2)cc1. The number of H-pyrrole nitrogens is 2. The molecule has 2 aromatic carbocycles. The highest BCUT2D eigenvalue weighted by Gasteiger charge is 2.16. The van der Waals surface area contributed by atoms with Crippen molar-refractivity contribution in [1.29, 1.82) is 0 Å². The van der Waals surface area contributed by atoms with Gasteiger partial charge in [0.1, 0.15) is 5.76 Å². The molecule has 0 saturated carbocycles. The smallest absolute Gasteiger partial charge is 0.374 e. The standard InChI is InChI=1S/C22H16BrN3O6/c1-11(27)12-2-4-13(5-3-12)18-6-7-19(32-18)21(29)31-10-20(28)24-15-9-17-16(8-14(15)23)25-22(30)26-17/h2-9H,10H2,1H3,(H,24,28)(H2,25,26,30). The van der Waals surface area contributed by atoms with Gasteiger partial charge in [-0.3, -0.25) is 9.59 Å². The number of furan rings is 1. The first-order valence-electron chi connectivity index (χ1n) is 9.40. The van der Waals surface area contributed by atoms with Crippen molar-refractivity contribution in [2.75, 3.05) is 11.9 Å². The Morgan fingerprint density at radius 1 is 1.03 bits per heavy atom. The van der Waals surface area contributed by atoms with Crippen LogP contribution in [0.3, 0.4) is 0 Å². The van der Waals surface area contributed by atoms with Crippen LogP contribution in [0.5, 0.6) is 0 Å². The van der Waals surface area contributed by atoms with Crippen LogP contribution >= 0.6 is 15.9 Å². The van der Waals surface area contributed by atoms with Gasteiger partial charge in [0.25, 0.3) is 5.91 Å². The predicted molar refractivity (Wildman–Crippen MR) is 120 cm³/mol. The Bertz CT molecular complexity index is 1400. The fourth-order valence-electron chi connectivity index (χ4n) is 3.01. The van der Waals surface area contributed by atoms with Crippen LogP contribution in [0.25, 0.3) is 22.4 Å². The lowest BCUT2D eigenvalue weighted by Gasteiger charge is -2.08. The Labute approximate surface area is 188 Å². The molecular weight excluding hydrogens is 482 g/mol. The molecule has 4 rings (SSSR count). The van der Waals surface area contributed by atoms with Gasteiger partial charge < -0.3 is 24.4 Å². The lowest BCUT2D eigenvalue weighted by Crippen LogP contribution is -2.21. The average Bonchev–Trinajstić information content (AvgIpc) is 3.38. The molecule has 10 heteroatoms. The molecule has 3 N–H and O–H groups in total. The largest absolute Gasteiger partial charge is 0.450 e. The molecule has 0 spiro atoms. The second-order valence-corrected chi connectivity index (χ2v) is 7.73. The Balaban J connectivity index is 1.37. The molecule has 0 aliphatic carbocycles. The topological polar surface area (TPSA) is 134 Å². The third kappa shape index (κ3) is 4.54. The zero-order chi connectivity index (χ0) is 22.8. The van der Waals surface area contributed by atoms with Crippen molar-refractivity contribution in [3.8, 4) is 11.3 Å². The highest BCUT2D eigenvalue weighted by molar-refractivity contribution is 9.10. The van der Waals surface area contributed by atoms with Gasteiger partial charge in [-0.25, -0.2) is 9.59 Å². The minimum Gasteiger partial charge on any atom is -0.450 e. The lowest BCUT2D eigenvalue weighted by molar-refractivity contribution is -0.119. The number of aromatic amines is 2. The summed E-state index contributed by atoms with van der Waals surface area (Å²) in [5.41, 5.74) is 2.40. The number of benzene rings is 2. The third-order valence-corrected chi connectivity index (χ3v) is 5.25. The van der Waals surface area contributed by atoms with E-state index in [0.29, 0.717) is 38.1 Å². The number of esters is 1. The van der Waals surface area contributed by atoms with E-state index >= 15 is 0 Å². The predicted octanol–water partition coefficient (Wildman–Crippen LogP) is 3.88. The maximum atomic E-state index is 12.2. The number of Topliss-reactive ketones (excluding diaryl/α,β-unsaturated/α-hetero) is 1. The zero-order valence-electron chi connectivity index (χ0n) is 16.7. The van der Waals surface area contributed by atoms with E-state index in [1.807, 2.05) is 0 Å². The van der Waals surface area contributed by atoms with E-state index in [9.17, 15) is 19.2 Å². The van der Waals surface area contributed by atoms with Gasteiger partial charge in [0.05, 0.1) is 16.7 Å². The van der Waals surface area contributed by atoms with Gasteiger partial charge in [0, 0.05) is 15.6 Å². The maximum Gasteiger partial charge on any atom is 0.374 e. The van der Waals surface area contributed by atoms with Gasteiger partial charge in [-0.1, -0.05) is 24.3 Å². The van der Waals surface area contributed by atoms with Crippen molar-refractivity contribution in [3.05, 3.63) is 74.8 Å². The molecule has 0 unspecified atom stereocenters. The van der Waals surface area contributed by atoms with Gasteiger partial charge >= 0.3 is 11.7 Å². The summed E-state index contributed by atoms with van der Waals surface area (Å²) in [5.74, 6) is -1.05. The molecule has 162 valence electrons. The van der Waals surface area contributed by atoms with Crippen LogP contribution in [-0.4, -0.2) is 34.2 Å². The van der Waals surface area contributed by atoms with Gasteiger partial charge in [-0.2, -0.15) is 0 Å². The van der Waals surface area contributed by atoms with Gasteiger partial charge in [-0.15, -0.1) is 0 Å². The van der Waals surface area contributed by atoms with E-state index in [1.165, 1.54) is 13.0 Å². The molecule has 0 atom stereocenters. The summed E-state index contributed by atoms with van der Waals surface area (Å²) in [6.07, 6.45) is 0. The number of carbonyl (C=O) groups excluding carboxylic acids is 3.